The lowest BCUT2D eigenvalue weighted by atomic mass is 9.95. The SMILES string of the molecule is CC1C2CNCC2CN1C(=O)c1ccc(F)cc1Cl. The topological polar surface area (TPSA) is 32.3 Å². The highest BCUT2D eigenvalue weighted by Crippen LogP contribution is 2.34. The fourth-order valence-corrected chi connectivity index (χ4v) is 3.50. The maximum Gasteiger partial charge on any atom is 0.255 e. The minimum Gasteiger partial charge on any atom is -0.335 e. The summed E-state index contributed by atoms with van der Waals surface area (Å²) >= 11 is 5.97. The van der Waals surface area contributed by atoms with Gasteiger partial charge in [-0.05, 0) is 37.0 Å². The molecule has 0 spiro atoms. The van der Waals surface area contributed by atoms with Crippen LogP contribution in [0.3, 0.4) is 0 Å². The number of carbonyl (C=O) groups is 1. The first-order valence-electron chi connectivity index (χ1n) is 6.54. The van der Waals surface area contributed by atoms with Gasteiger partial charge in [-0.2, -0.15) is 0 Å². The number of halogens is 2. The molecular formula is C14H16ClFN2O. The number of amides is 1. The summed E-state index contributed by atoms with van der Waals surface area (Å²) in [4.78, 5) is 14.4. The average Bonchev–Trinajstić information content (AvgIpc) is 2.92. The third-order valence-corrected chi connectivity index (χ3v) is 4.67. The van der Waals surface area contributed by atoms with E-state index in [0.717, 1.165) is 19.6 Å². The zero-order valence-corrected chi connectivity index (χ0v) is 11.5. The molecule has 0 radical (unpaired) electrons. The second-order valence-electron chi connectivity index (χ2n) is 5.40. The number of hydrogen-bond acceptors (Lipinski definition) is 2. The first-order valence-corrected chi connectivity index (χ1v) is 6.92. The molecule has 102 valence electrons. The number of carbonyl (C=O) groups excluding carboxylic acids is 1. The van der Waals surface area contributed by atoms with Gasteiger partial charge >= 0.3 is 0 Å². The maximum absolute atomic E-state index is 13.0. The minimum absolute atomic E-state index is 0.0908. The maximum atomic E-state index is 13.0. The Morgan fingerprint density at radius 3 is 2.95 bits per heavy atom. The number of nitrogens with one attached hydrogen (secondary N) is 1. The molecule has 0 aromatic heterocycles. The van der Waals surface area contributed by atoms with E-state index >= 15 is 0 Å². The lowest BCUT2D eigenvalue weighted by Crippen LogP contribution is -2.38. The van der Waals surface area contributed by atoms with Crippen molar-refractivity contribution in [1.82, 2.24) is 10.2 Å². The van der Waals surface area contributed by atoms with Gasteiger partial charge in [-0.1, -0.05) is 11.6 Å². The molecule has 2 aliphatic heterocycles. The van der Waals surface area contributed by atoms with Crippen molar-refractivity contribution in [2.75, 3.05) is 19.6 Å². The van der Waals surface area contributed by atoms with E-state index in [1.54, 1.807) is 0 Å². The number of rotatable bonds is 1. The van der Waals surface area contributed by atoms with Gasteiger partial charge in [-0.3, -0.25) is 4.79 Å². The lowest BCUT2D eigenvalue weighted by Gasteiger charge is -2.25. The molecule has 0 aliphatic carbocycles. The summed E-state index contributed by atoms with van der Waals surface area (Å²) in [5.74, 6) is 0.533. The molecule has 2 heterocycles. The highest BCUT2D eigenvalue weighted by Gasteiger charge is 2.44. The van der Waals surface area contributed by atoms with Crippen molar-refractivity contribution in [3.63, 3.8) is 0 Å². The fraction of sp³-hybridized carbons (Fsp3) is 0.500. The number of benzene rings is 1. The van der Waals surface area contributed by atoms with E-state index in [0.29, 0.717) is 17.4 Å². The molecule has 1 aromatic rings. The summed E-state index contributed by atoms with van der Waals surface area (Å²) in [6.07, 6.45) is 0. The molecule has 1 N–H and O–H groups in total. The van der Waals surface area contributed by atoms with E-state index in [9.17, 15) is 9.18 Å². The Bertz CT molecular complexity index is 522. The first kappa shape index (κ1) is 12.9. The normalized spacial score (nSPS) is 29.6. The quantitative estimate of drug-likeness (QED) is 0.856. The van der Waals surface area contributed by atoms with Gasteiger partial charge in [-0.25, -0.2) is 4.39 Å². The van der Waals surface area contributed by atoms with E-state index in [1.807, 2.05) is 4.90 Å². The van der Waals surface area contributed by atoms with Crippen LogP contribution in [0.1, 0.15) is 17.3 Å². The van der Waals surface area contributed by atoms with Crippen molar-refractivity contribution >= 4 is 17.5 Å². The highest BCUT2D eigenvalue weighted by molar-refractivity contribution is 6.33. The van der Waals surface area contributed by atoms with Crippen LogP contribution in [0.5, 0.6) is 0 Å². The highest BCUT2D eigenvalue weighted by atomic mass is 35.5. The van der Waals surface area contributed by atoms with Gasteiger partial charge in [0.1, 0.15) is 5.82 Å². The third-order valence-electron chi connectivity index (χ3n) is 4.36. The van der Waals surface area contributed by atoms with Gasteiger partial charge in [0.15, 0.2) is 0 Å². The zero-order valence-electron chi connectivity index (χ0n) is 10.7. The predicted octanol–water partition coefficient (Wildman–Crippen LogP) is 2.16. The van der Waals surface area contributed by atoms with Crippen molar-refractivity contribution in [1.29, 1.82) is 0 Å². The fourth-order valence-electron chi connectivity index (χ4n) is 3.25. The van der Waals surface area contributed by atoms with Gasteiger partial charge in [0.25, 0.3) is 5.91 Å². The summed E-state index contributed by atoms with van der Waals surface area (Å²) in [5.41, 5.74) is 0.392. The second kappa shape index (κ2) is 4.76. The molecule has 3 nitrogen and oxygen atoms in total. The smallest absolute Gasteiger partial charge is 0.255 e. The van der Waals surface area contributed by atoms with Crippen LogP contribution in [0, 0.1) is 17.7 Å². The van der Waals surface area contributed by atoms with E-state index in [2.05, 4.69) is 12.2 Å². The largest absolute Gasteiger partial charge is 0.335 e. The Kier molecular flexibility index (Phi) is 3.23. The van der Waals surface area contributed by atoms with Crippen molar-refractivity contribution in [3.05, 3.63) is 34.6 Å². The standard InChI is InChI=1S/C14H16ClFN2O/c1-8-12-6-17-5-9(12)7-18(8)14(19)11-3-2-10(16)4-13(11)15/h2-4,8-9,12,17H,5-7H2,1H3. The number of likely N-dealkylation sites (tertiary alicyclic amines) is 1. The molecule has 2 saturated heterocycles. The molecule has 3 atom stereocenters. The van der Waals surface area contributed by atoms with Crippen LogP contribution < -0.4 is 5.32 Å². The Balaban J connectivity index is 1.84. The predicted molar refractivity (Wildman–Crippen MR) is 71.8 cm³/mol. The summed E-state index contributed by atoms with van der Waals surface area (Å²) in [6, 6.07) is 4.15. The van der Waals surface area contributed by atoms with Crippen molar-refractivity contribution in [2.24, 2.45) is 11.8 Å². The first-order chi connectivity index (χ1) is 9.08. The van der Waals surface area contributed by atoms with Crippen LogP contribution in [-0.4, -0.2) is 36.5 Å². The molecule has 0 bridgehead atoms. The number of nitrogens with zero attached hydrogens (tertiary/aromatic N) is 1. The van der Waals surface area contributed by atoms with Gasteiger partial charge < -0.3 is 10.2 Å². The second-order valence-corrected chi connectivity index (χ2v) is 5.81. The van der Waals surface area contributed by atoms with Crippen molar-refractivity contribution in [3.8, 4) is 0 Å². The Morgan fingerprint density at radius 1 is 1.47 bits per heavy atom. The molecule has 1 amide bonds. The van der Waals surface area contributed by atoms with Crippen LogP contribution in [0.2, 0.25) is 5.02 Å². The summed E-state index contributed by atoms with van der Waals surface area (Å²) in [5, 5.41) is 3.55. The van der Waals surface area contributed by atoms with Gasteiger partial charge in [0, 0.05) is 25.7 Å². The van der Waals surface area contributed by atoms with E-state index in [4.69, 9.17) is 11.6 Å². The number of fused-ring (bicyclic) bond motifs is 1. The van der Waals surface area contributed by atoms with E-state index in [1.165, 1.54) is 18.2 Å². The van der Waals surface area contributed by atoms with Crippen LogP contribution in [-0.2, 0) is 0 Å². The third kappa shape index (κ3) is 2.13. The molecule has 2 aliphatic rings. The molecule has 3 rings (SSSR count). The summed E-state index contributed by atoms with van der Waals surface area (Å²) < 4.78 is 13.0. The molecule has 1 aromatic carbocycles. The van der Waals surface area contributed by atoms with Crippen LogP contribution in [0.4, 0.5) is 4.39 Å². The minimum atomic E-state index is -0.419. The van der Waals surface area contributed by atoms with Crippen LogP contribution in [0.25, 0.3) is 0 Å². The van der Waals surface area contributed by atoms with E-state index < -0.39 is 5.82 Å². The molecule has 2 fully saturated rings. The Morgan fingerprint density at radius 2 is 2.26 bits per heavy atom. The van der Waals surface area contributed by atoms with Gasteiger partial charge in [0.2, 0.25) is 0 Å². The molecule has 3 unspecified atom stereocenters. The summed E-state index contributed by atoms with van der Waals surface area (Å²) in [6.45, 7) is 4.76. The Hall–Kier alpha value is -1.13. The molecule has 5 heteroatoms. The van der Waals surface area contributed by atoms with Crippen LogP contribution in [0.15, 0.2) is 18.2 Å². The lowest BCUT2D eigenvalue weighted by molar-refractivity contribution is 0.0728. The van der Waals surface area contributed by atoms with Crippen LogP contribution >= 0.6 is 11.6 Å². The molecule has 0 saturated carbocycles. The van der Waals surface area contributed by atoms with Crippen molar-refractivity contribution in [2.45, 2.75) is 13.0 Å². The summed E-state index contributed by atoms with van der Waals surface area (Å²) in [7, 11) is 0. The molecular weight excluding hydrogens is 267 g/mol. The Labute approximate surface area is 116 Å². The monoisotopic (exact) mass is 282 g/mol. The molecule has 19 heavy (non-hydrogen) atoms. The average molecular weight is 283 g/mol. The van der Waals surface area contributed by atoms with Crippen molar-refractivity contribution < 1.29 is 9.18 Å². The van der Waals surface area contributed by atoms with Gasteiger partial charge in [0.05, 0.1) is 10.6 Å². The number of hydrogen-bond donors (Lipinski definition) is 1. The zero-order chi connectivity index (χ0) is 13.6. The van der Waals surface area contributed by atoms with Gasteiger partial charge in [-0.15, -0.1) is 0 Å². The van der Waals surface area contributed by atoms with E-state index in [-0.39, 0.29) is 17.0 Å².